The fourth-order valence-electron chi connectivity index (χ4n) is 2.51. The van der Waals surface area contributed by atoms with Crippen LogP contribution in [0.25, 0.3) is 11.1 Å². The third kappa shape index (κ3) is 3.70. The Morgan fingerprint density at radius 1 is 1.12 bits per heavy atom. The van der Waals surface area contributed by atoms with E-state index in [0.29, 0.717) is 17.2 Å². The topological polar surface area (TPSA) is 96.5 Å². The van der Waals surface area contributed by atoms with E-state index in [-0.39, 0.29) is 11.6 Å². The molecule has 3 aromatic rings. The van der Waals surface area contributed by atoms with Crippen molar-refractivity contribution in [3.8, 4) is 17.2 Å². The van der Waals surface area contributed by atoms with Crippen molar-refractivity contribution in [3.63, 3.8) is 0 Å². The molecule has 0 saturated heterocycles. The molecule has 1 amide bonds. The summed E-state index contributed by atoms with van der Waals surface area (Å²) in [5.74, 6) is 0.124. The summed E-state index contributed by atoms with van der Waals surface area (Å²) in [6.45, 7) is 3.65. The van der Waals surface area contributed by atoms with Crippen LogP contribution < -0.4 is 5.32 Å². The van der Waals surface area contributed by atoms with E-state index in [1.54, 1.807) is 36.1 Å². The van der Waals surface area contributed by atoms with Crippen LogP contribution in [0.4, 0.5) is 5.82 Å². The summed E-state index contributed by atoms with van der Waals surface area (Å²) in [6, 6.07) is 10.9. The number of carbonyl (C=O) groups is 1. The van der Waals surface area contributed by atoms with Crippen LogP contribution in [0.15, 0.2) is 36.5 Å². The molecule has 0 aliphatic rings. The van der Waals surface area contributed by atoms with E-state index in [0.717, 1.165) is 16.8 Å². The number of nitriles is 1. The second kappa shape index (κ2) is 6.53. The third-order valence-electron chi connectivity index (χ3n) is 3.54. The average Bonchev–Trinajstić information content (AvgIpc) is 2.98. The van der Waals surface area contributed by atoms with Gasteiger partial charge in [-0.2, -0.15) is 10.4 Å². The predicted octanol–water partition coefficient (Wildman–Crippen LogP) is 2.62. The molecule has 7 heteroatoms. The summed E-state index contributed by atoms with van der Waals surface area (Å²) in [6.07, 6.45) is 1.74. The summed E-state index contributed by atoms with van der Waals surface area (Å²) in [4.78, 5) is 20.9. The van der Waals surface area contributed by atoms with Crippen LogP contribution in [0.5, 0.6) is 0 Å². The highest BCUT2D eigenvalue weighted by Crippen LogP contribution is 2.23. The zero-order valence-corrected chi connectivity index (χ0v) is 14.1. The zero-order valence-electron chi connectivity index (χ0n) is 14.1. The maximum absolute atomic E-state index is 12.5. The van der Waals surface area contributed by atoms with Gasteiger partial charge in [0.25, 0.3) is 5.91 Å². The van der Waals surface area contributed by atoms with Gasteiger partial charge in [-0.05, 0) is 49.2 Å². The molecule has 0 unspecified atom stereocenters. The molecular formula is C18H16N6O. The first kappa shape index (κ1) is 16.3. The largest absolute Gasteiger partial charge is 0.304 e. The van der Waals surface area contributed by atoms with Crippen molar-refractivity contribution in [1.29, 1.82) is 5.26 Å². The maximum Gasteiger partial charge on any atom is 0.275 e. The van der Waals surface area contributed by atoms with Crippen molar-refractivity contribution < 1.29 is 4.79 Å². The molecule has 0 spiro atoms. The average molecular weight is 332 g/mol. The lowest BCUT2D eigenvalue weighted by atomic mass is 10.0. The first-order valence-corrected chi connectivity index (χ1v) is 7.63. The van der Waals surface area contributed by atoms with Crippen LogP contribution in [-0.2, 0) is 7.05 Å². The maximum atomic E-state index is 12.5. The van der Waals surface area contributed by atoms with Gasteiger partial charge < -0.3 is 5.32 Å². The second-order valence-corrected chi connectivity index (χ2v) is 5.71. The molecule has 0 bridgehead atoms. The van der Waals surface area contributed by atoms with Gasteiger partial charge in [-0.3, -0.25) is 9.48 Å². The Morgan fingerprint density at radius 3 is 2.44 bits per heavy atom. The number of hydrogen-bond donors (Lipinski definition) is 1. The fraction of sp³-hybridized carbons (Fsp3) is 0.167. The van der Waals surface area contributed by atoms with Gasteiger partial charge >= 0.3 is 0 Å². The Kier molecular flexibility index (Phi) is 4.27. The number of nitrogens with one attached hydrogen (secondary N) is 1. The van der Waals surface area contributed by atoms with Crippen LogP contribution >= 0.6 is 0 Å². The molecule has 3 rings (SSSR count). The SMILES string of the molecule is Cc1cc(-c2cc(C)nc(C(=O)Nc3ccn(C)n3)c2)cc(C#N)n1. The molecule has 0 atom stereocenters. The minimum Gasteiger partial charge on any atom is -0.304 e. The van der Waals surface area contributed by atoms with Crippen molar-refractivity contribution in [1.82, 2.24) is 19.7 Å². The van der Waals surface area contributed by atoms with Gasteiger partial charge in [0.15, 0.2) is 5.82 Å². The summed E-state index contributed by atoms with van der Waals surface area (Å²) in [5.41, 5.74) is 3.69. The van der Waals surface area contributed by atoms with E-state index in [4.69, 9.17) is 5.26 Å². The van der Waals surface area contributed by atoms with Crippen LogP contribution in [-0.4, -0.2) is 25.7 Å². The number of hydrogen-bond acceptors (Lipinski definition) is 5. The molecule has 7 nitrogen and oxygen atoms in total. The quantitative estimate of drug-likeness (QED) is 0.795. The van der Waals surface area contributed by atoms with Crippen molar-refractivity contribution in [2.45, 2.75) is 13.8 Å². The molecule has 0 saturated carbocycles. The molecule has 0 aromatic carbocycles. The number of rotatable bonds is 3. The van der Waals surface area contributed by atoms with E-state index < -0.39 is 0 Å². The van der Waals surface area contributed by atoms with E-state index in [9.17, 15) is 4.79 Å². The summed E-state index contributed by atoms with van der Waals surface area (Å²) in [7, 11) is 1.78. The lowest BCUT2D eigenvalue weighted by Gasteiger charge is -2.08. The Balaban J connectivity index is 1.97. The van der Waals surface area contributed by atoms with Crippen LogP contribution in [0.2, 0.25) is 0 Å². The molecule has 0 fully saturated rings. The summed E-state index contributed by atoms with van der Waals surface area (Å²) >= 11 is 0. The molecule has 3 aromatic heterocycles. The van der Waals surface area contributed by atoms with Crippen LogP contribution in [0.3, 0.4) is 0 Å². The Labute approximate surface area is 145 Å². The molecule has 3 heterocycles. The van der Waals surface area contributed by atoms with Gasteiger partial charge in [-0.1, -0.05) is 0 Å². The highest BCUT2D eigenvalue weighted by Gasteiger charge is 2.13. The standard InChI is InChI=1S/C18H16N6O/c1-11-6-13(8-15(10-19)20-11)14-7-12(2)21-16(9-14)18(25)22-17-4-5-24(3)23-17/h4-9H,1-3H3,(H,22,23,25). The Bertz CT molecular complexity index is 999. The van der Waals surface area contributed by atoms with Gasteiger partial charge in [0.1, 0.15) is 17.5 Å². The number of aromatic nitrogens is 4. The number of anilines is 1. The molecule has 0 radical (unpaired) electrons. The van der Waals surface area contributed by atoms with Gasteiger partial charge in [0, 0.05) is 30.7 Å². The highest BCUT2D eigenvalue weighted by molar-refractivity contribution is 6.03. The molecule has 1 N–H and O–H groups in total. The van der Waals surface area contributed by atoms with E-state index in [2.05, 4.69) is 20.4 Å². The number of pyridine rings is 2. The summed E-state index contributed by atoms with van der Waals surface area (Å²) in [5, 5.41) is 15.9. The molecule has 0 aliphatic heterocycles. The third-order valence-corrected chi connectivity index (χ3v) is 3.54. The number of nitrogens with zero attached hydrogens (tertiary/aromatic N) is 5. The zero-order chi connectivity index (χ0) is 18.0. The molecule has 25 heavy (non-hydrogen) atoms. The Hall–Kier alpha value is -3.53. The normalized spacial score (nSPS) is 10.3. The van der Waals surface area contributed by atoms with Crippen LogP contribution in [0.1, 0.15) is 27.6 Å². The Morgan fingerprint density at radius 2 is 1.80 bits per heavy atom. The van der Waals surface area contributed by atoms with E-state index in [1.807, 2.05) is 32.0 Å². The minimum absolute atomic E-state index is 0.286. The molecule has 124 valence electrons. The molecule has 0 aliphatic carbocycles. The fourth-order valence-corrected chi connectivity index (χ4v) is 2.51. The van der Waals surface area contributed by atoms with Gasteiger partial charge in [-0.25, -0.2) is 9.97 Å². The monoisotopic (exact) mass is 332 g/mol. The van der Waals surface area contributed by atoms with Crippen molar-refractivity contribution >= 4 is 11.7 Å². The van der Waals surface area contributed by atoms with E-state index >= 15 is 0 Å². The number of amides is 1. The highest BCUT2D eigenvalue weighted by atomic mass is 16.2. The van der Waals surface area contributed by atoms with Crippen molar-refractivity contribution in [2.24, 2.45) is 7.05 Å². The minimum atomic E-state index is -0.338. The number of carbonyl (C=O) groups excluding carboxylic acids is 1. The predicted molar refractivity (Wildman–Crippen MR) is 92.8 cm³/mol. The van der Waals surface area contributed by atoms with Crippen LogP contribution in [0, 0.1) is 25.2 Å². The van der Waals surface area contributed by atoms with Crippen molar-refractivity contribution in [3.05, 3.63) is 59.3 Å². The number of aryl methyl sites for hydroxylation is 3. The first-order chi connectivity index (χ1) is 11.9. The second-order valence-electron chi connectivity index (χ2n) is 5.71. The van der Waals surface area contributed by atoms with E-state index in [1.165, 1.54) is 0 Å². The smallest absolute Gasteiger partial charge is 0.275 e. The summed E-state index contributed by atoms with van der Waals surface area (Å²) < 4.78 is 1.61. The van der Waals surface area contributed by atoms with Crippen molar-refractivity contribution in [2.75, 3.05) is 5.32 Å². The van der Waals surface area contributed by atoms with Gasteiger partial charge in [0.05, 0.1) is 0 Å². The van der Waals surface area contributed by atoms with Gasteiger partial charge in [-0.15, -0.1) is 0 Å². The van der Waals surface area contributed by atoms with Gasteiger partial charge in [0.2, 0.25) is 0 Å². The first-order valence-electron chi connectivity index (χ1n) is 7.63. The lowest BCUT2D eigenvalue weighted by molar-refractivity contribution is 0.102. The lowest BCUT2D eigenvalue weighted by Crippen LogP contribution is -2.15. The molecular weight excluding hydrogens is 316 g/mol.